The maximum absolute atomic E-state index is 12.4. The number of nitrogens with one attached hydrogen (secondary N) is 1. The lowest BCUT2D eigenvalue weighted by molar-refractivity contribution is 0.0602. The molecule has 0 amide bonds. The molecule has 1 aliphatic heterocycles. The first-order chi connectivity index (χ1) is 17.9. The second kappa shape index (κ2) is 10.1. The molecule has 3 heterocycles. The minimum Gasteiger partial charge on any atom is -0.495 e. The Kier molecular flexibility index (Phi) is 6.71. The number of carbonyl (C=O) groups is 1. The van der Waals surface area contributed by atoms with E-state index >= 15 is 0 Å². The molecule has 1 saturated heterocycles. The molecular formula is C28H32N6O3. The number of likely N-dealkylation sites (tertiary alicyclic amines) is 1. The molecule has 1 fully saturated rings. The van der Waals surface area contributed by atoms with E-state index in [4.69, 9.17) is 15.2 Å². The van der Waals surface area contributed by atoms with Crippen LogP contribution in [-0.2, 0) is 4.74 Å². The molecule has 0 saturated carbocycles. The number of hydrogen-bond acceptors (Lipinski definition) is 8. The molecular weight excluding hydrogens is 468 g/mol. The second-order valence-corrected chi connectivity index (χ2v) is 9.47. The van der Waals surface area contributed by atoms with Crippen LogP contribution in [0.2, 0.25) is 0 Å². The minimum atomic E-state index is -0.446. The second-order valence-electron chi connectivity index (χ2n) is 9.47. The quantitative estimate of drug-likeness (QED) is 0.368. The lowest BCUT2D eigenvalue weighted by Gasteiger charge is -2.30. The van der Waals surface area contributed by atoms with E-state index in [9.17, 15) is 4.79 Å². The van der Waals surface area contributed by atoms with E-state index in [2.05, 4.69) is 46.3 Å². The minimum absolute atomic E-state index is 0.129. The van der Waals surface area contributed by atoms with Crippen molar-refractivity contribution in [2.24, 2.45) is 0 Å². The first kappa shape index (κ1) is 24.6. The van der Waals surface area contributed by atoms with Crippen LogP contribution in [0.3, 0.4) is 0 Å². The Hall–Kier alpha value is -4.11. The van der Waals surface area contributed by atoms with E-state index in [1.165, 1.54) is 18.2 Å². The molecule has 5 rings (SSSR count). The number of rotatable bonds is 6. The van der Waals surface area contributed by atoms with Crippen molar-refractivity contribution in [1.29, 1.82) is 0 Å². The van der Waals surface area contributed by atoms with Gasteiger partial charge in [0.05, 0.1) is 36.7 Å². The number of nitrogens with two attached hydrogens (primary N) is 1. The topological polar surface area (TPSA) is 108 Å². The summed E-state index contributed by atoms with van der Waals surface area (Å²) in [5.41, 5.74) is 11.8. The number of piperidine rings is 1. The summed E-state index contributed by atoms with van der Waals surface area (Å²) in [6.45, 7) is 4.34. The number of hydrogen-bond donors (Lipinski definition) is 2. The van der Waals surface area contributed by atoms with Gasteiger partial charge in [0.25, 0.3) is 0 Å². The third kappa shape index (κ3) is 4.70. The summed E-state index contributed by atoms with van der Waals surface area (Å²) in [5, 5.41) is 3.29. The van der Waals surface area contributed by atoms with E-state index in [1.54, 1.807) is 25.3 Å². The number of carbonyl (C=O) groups excluding carboxylic acids is 1. The number of nitrogen functional groups attached to an aromatic ring is 1. The molecule has 0 spiro atoms. The number of aromatic nitrogens is 3. The van der Waals surface area contributed by atoms with Gasteiger partial charge >= 0.3 is 5.97 Å². The van der Waals surface area contributed by atoms with Gasteiger partial charge in [-0.2, -0.15) is 4.98 Å². The summed E-state index contributed by atoms with van der Waals surface area (Å²) in [4.78, 5) is 23.7. The van der Waals surface area contributed by atoms with E-state index in [0.717, 1.165) is 42.9 Å². The van der Waals surface area contributed by atoms with Crippen LogP contribution in [0.5, 0.6) is 5.75 Å². The van der Waals surface area contributed by atoms with Crippen LogP contribution in [0.15, 0.2) is 48.7 Å². The molecule has 0 unspecified atom stereocenters. The molecule has 4 aromatic rings. The molecule has 9 nitrogen and oxygen atoms in total. The van der Waals surface area contributed by atoms with Crippen molar-refractivity contribution in [3.8, 4) is 11.4 Å². The Labute approximate surface area is 216 Å². The summed E-state index contributed by atoms with van der Waals surface area (Å²) in [5.74, 6) is 1.44. The number of anilines is 3. The number of benzene rings is 2. The first-order valence-corrected chi connectivity index (χ1v) is 12.4. The Morgan fingerprint density at radius 3 is 2.59 bits per heavy atom. The number of aryl methyl sites for hydroxylation is 1. The lowest BCUT2D eigenvalue weighted by atomic mass is 9.86. The van der Waals surface area contributed by atoms with Crippen molar-refractivity contribution in [3.05, 3.63) is 65.4 Å². The van der Waals surface area contributed by atoms with E-state index in [0.29, 0.717) is 28.5 Å². The monoisotopic (exact) mass is 500 g/mol. The van der Waals surface area contributed by atoms with Crippen molar-refractivity contribution in [3.63, 3.8) is 0 Å². The Morgan fingerprint density at radius 1 is 1.11 bits per heavy atom. The fourth-order valence-electron chi connectivity index (χ4n) is 5.16. The molecule has 37 heavy (non-hydrogen) atoms. The molecule has 0 radical (unpaired) electrons. The zero-order valence-electron chi connectivity index (χ0n) is 21.6. The summed E-state index contributed by atoms with van der Waals surface area (Å²) >= 11 is 0. The average Bonchev–Trinajstić information content (AvgIpc) is 3.33. The Balaban J connectivity index is 1.61. The fraction of sp³-hybridized carbons (Fsp3) is 0.321. The number of esters is 1. The number of methoxy groups -OCH3 is 2. The van der Waals surface area contributed by atoms with E-state index in [1.807, 2.05) is 22.9 Å². The van der Waals surface area contributed by atoms with Gasteiger partial charge in [0.1, 0.15) is 11.3 Å². The predicted molar refractivity (Wildman–Crippen MR) is 145 cm³/mol. The summed E-state index contributed by atoms with van der Waals surface area (Å²) in [6.07, 6.45) is 4.20. The predicted octanol–water partition coefficient (Wildman–Crippen LogP) is 4.66. The van der Waals surface area contributed by atoms with Gasteiger partial charge in [0.2, 0.25) is 5.95 Å². The number of nitrogens with zero attached hydrogens (tertiary/aromatic N) is 4. The molecule has 0 bridgehead atoms. The highest BCUT2D eigenvalue weighted by molar-refractivity contribution is 5.98. The van der Waals surface area contributed by atoms with Crippen LogP contribution in [-0.4, -0.2) is 59.8 Å². The number of ether oxygens (including phenoxy) is 2. The summed E-state index contributed by atoms with van der Waals surface area (Å²) in [7, 11) is 5.22. The van der Waals surface area contributed by atoms with Crippen molar-refractivity contribution < 1.29 is 14.3 Å². The zero-order valence-corrected chi connectivity index (χ0v) is 21.6. The largest absolute Gasteiger partial charge is 0.495 e. The van der Waals surface area contributed by atoms with Crippen molar-refractivity contribution in [1.82, 2.24) is 19.4 Å². The fourth-order valence-corrected chi connectivity index (χ4v) is 5.16. The van der Waals surface area contributed by atoms with Crippen molar-refractivity contribution >= 4 is 34.5 Å². The van der Waals surface area contributed by atoms with Crippen LogP contribution < -0.4 is 15.8 Å². The smallest absolute Gasteiger partial charge is 0.339 e. The normalized spacial score (nSPS) is 14.6. The molecule has 2 aromatic heterocycles. The number of fused-ring (bicyclic) bond motifs is 1. The molecule has 2 aromatic carbocycles. The highest BCUT2D eigenvalue weighted by atomic mass is 16.5. The molecule has 1 aliphatic rings. The summed E-state index contributed by atoms with van der Waals surface area (Å²) in [6, 6.07) is 13.3. The van der Waals surface area contributed by atoms with E-state index < -0.39 is 5.97 Å². The van der Waals surface area contributed by atoms with Crippen LogP contribution in [0, 0.1) is 6.92 Å². The van der Waals surface area contributed by atoms with Crippen LogP contribution in [0.1, 0.15) is 40.2 Å². The highest BCUT2D eigenvalue weighted by Crippen LogP contribution is 2.38. The standard InChI is InChI=1S/C28H32N6O3/c1-17-15-23(24(36-3)16-20(17)18-9-12-33(2)13-10-18)34-14-11-22-25(34)26(32-28(29)31-22)30-21-8-6-5-7-19(21)27(35)37-4/h5-8,11,14-16,18H,9-10,12-13H2,1-4H3,(H3,29,30,31,32). The third-order valence-electron chi connectivity index (χ3n) is 7.12. The molecule has 192 valence electrons. The Bertz CT molecular complexity index is 1460. The zero-order chi connectivity index (χ0) is 26.1. The molecule has 9 heteroatoms. The highest BCUT2D eigenvalue weighted by Gasteiger charge is 2.23. The van der Waals surface area contributed by atoms with Gasteiger partial charge in [0, 0.05) is 6.20 Å². The maximum Gasteiger partial charge on any atom is 0.339 e. The number of para-hydroxylation sites is 1. The van der Waals surface area contributed by atoms with Gasteiger partial charge < -0.3 is 30.0 Å². The van der Waals surface area contributed by atoms with Crippen LogP contribution >= 0.6 is 0 Å². The van der Waals surface area contributed by atoms with Gasteiger partial charge in [0.15, 0.2) is 5.82 Å². The van der Waals surface area contributed by atoms with Gasteiger partial charge in [-0.15, -0.1) is 0 Å². The van der Waals surface area contributed by atoms with Crippen LogP contribution in [0.25, 0.3) is 16.7 Å². The van der Waals surface area contributed by atoms with Gasteiger partial charge in [-0.3, -0.25) is 0 Å². The van der Waals surface area contributed by atoms with Gasteiger partial charge in [-0.05, 0) is 87.3 Å². The van der Waals surface area contributed by atoms with Gasteiger partial charge in [-0.1, -0.05) is 12.1 Å². The first-order valence-electron chi connectivity index (χ1n) is 12.4. The molecule has 0 atom stereocenters. The summed E-state index contributed by atoms with van der Waals surface area (Å²) < 4.78 is 12.9. The van der Waals surface area contributed by atoms with Gasteiger partial charge in [-0.25, -0.2) is 9.78 Å². The van der Waals surface area contributed by atoms with Crippen LogP contribution in [0.4, 0.5) is 17.5 Å². The van der Waals surface area contributed by atoms with E-state index in [-0.39, 0.29) is 5.95 Å². The molecule has 3 N–H and O–H groups in total. The maximum atomic E-state index is 12.4. The SMILES string of the molecule is COC(=O)c1ccccc1Nc1nc(N)nc2ccn(-c3cc(C)c(C4CCN(C)CC4)cc3OC)c12. The van der Waals surface area contributed by atoms with Crippen molar-refractivity contribution in [2.75, 3.05) is 45.4 Å². The molecule has 0 aliphatic carbocycles. The lowest BCUT2D eigenvalue weighted by Crippen LogP contribution is -2.29. The average molecular weight is 501 g/mol. The Morgan fingerprint density at radius 2 is 1.86 bits per heavy atom. The third-order valence-corrected chi connectivity index (χ3v) is 7.12. The van der Waals surface area contributed by atoms with Crippen molar-refractivity contribution in [2.45, 2.75) is 25.7 Å².